The molecule has 1 atom stereocenters. The van der Waals surface area contributed by atoms with E-state index in [2.05, 4.69) is 5.32 Å². The molecular weight excluding hydrogens is 933 g/mol. The standard InChI is InChI=1S/C39H56IN7O13S/c1-61-32-21-35(53)47(39(32)60)10-8-41-33(51)7-5-29(49)23-46(34(52)20-27-4-6-31(50)30(40)19-27)9-2-3-28(48)22-42-11-13-43(24-36(54)55)15-17-45(26-38(58)59)18-16-44(14-12-42)25-37(56)57/h4,6,19,32,50H,2-3,5,7-18,20-26H2,1H3,(H,41,51)(H,54,55)(H,56,57)(H,58,59). The molecule has 22 heteroatoms. The Bertz CT molecular complexity index is 1720. The Morgan fingerprint density at radius 3 is 1.77 bits per heavy atom. The highest BCUT2D eigenvalue weighted by atomic mass is 127. The fourth-order valence-electron chi connectivity index (χ4n) is 6.83. The van der Waals surface area contributed by atoms with Crippen molar-refractivity contribution < 1.29 is 63.6 Å². The van der Waals surface area contributed by atoms with E-state index >= 15 is 0 Å². The number of imide groups is 1. The maximum absolute atomic E-state index is 13.6. The number of aliphatic carboxylic acids is 3. The number of nitrogens with zero attached hydrogens (tertiary/aromatic N) is 6. The van der Waals surface area contributed by atoms with Crippen LogP contribution in [0.5, 0.6) is 5.75 Å². The highest BCUT2D eigenvalue weighted by Gasteiger charge is 2.37. The van der Waals surface area contributed by atoms with Crippen molar-refractivity contribution in [3.63, 3.8) is 0 Å². The van der Waals surface area contributed by atoms with Gasteiger partial charge in [0, 0.05) is 97.7 Å². The first-order chi connectivity index (χ1) is 28.9. The van der Waals surface area contributed by atoms with E-state index in [4.69, 9.17) is 0 Å². The van der Waals surface area contributed by atoms with Gasteiger partial charge in [-0.05, 0) is 53.0 Å². The Labute approximate surface area is 372 Å². The Morgan fingerprint density at radius 1 is 0.770 bits per heavy atom. The zero-order chi connectivity index (χ0) is 45.1. The number of ketones is 2. The number of hydrogen-bond donors (Lipinski definition) is 5. The van der Waals surface area contributed by atoms with Gasteiger partial charge in [0.15, 0.2) is 5.78 Å². The summed E-state index contributed by atoms with van der Waals surface area (Å²) in [6.45, 7) is 0.801. The molecule has 2 aliphatic rings. The van der Waals surface area contributed by atoms with Crippen LogP contribution in [-0.2, 0) is 49.6 Å². The molecule has 61 heavy (non-hydrogen) atoms. The molecule has 2 aliphatic heterocycles. The Kier molecular flexibility index (Phi) is 22.0. The molecule has 0 radical (unpaired) electrons. The van der Waals surface area contributed by atoms with Crippen molar-refractivity contribution in [2.45, 2.75) is 43.8 Å². The van der Waals surface area contributed by atoms with E-state index in [0.717, 1.165) is 4.90 Å². The number of carbonyl (C=O) groups is 9. The normalized spacial score (nSPS) is 17.7. The molecule has 0 aliphatic carbocycles. The van der Waals surface area contributed by atoms with E-state index in [9.17, 15) is 63.6 Å². The Hall–Kier alpha value is -4.23. The lowest BCUT2D eigenvalue weighted by molar-refractivity contribution is -0.140. The minimum absolute atomic E-state index is 0.0186. The number of phenolic OH excluding ortho intramolecular Hbond substituents is 1. The molecule has 2 saturated heterocycles. The molecule has 20 nitrogen and oxygen atoms in total. The van der Waals surface area contributed by atoms with Crippen LogP contribution in [0.2, 0.25) is 0 Å². The van der Waals surface area contributed by atoms with Crippen molar-refractivity contribution in [1.82, 2.24) is 34.7 Å². The molecule has 0 spiro atoms. The molecule has 338 valence electrons. The third-order valence-corrected chi connectivity index (χ3v) is 12.0. The molecule has 0 saturated carbocycles. The van der Waals surface area contributed by atoms with Gasteiger partial charge in [-0.3, -0.25) is 67.7 Å². The summed E-state index contributed by atoms with van der Waals surface area (Å²) < 4.78 is 0.531. The molecule has 5 N–H and O–H groups in total. The maximum atomic E-state index is 13.6. The van der Waals surface area contributed by atoms with Gasteiger partial charge in [0.1, 0.15) is 11.5 Å². The predicted octanol–water partition coefficient (Wildman–Crippen LogP) is -0.851. The van der Waals surface area contributed by atoms with E-state index in [1.807, 2.05) is 27.5 Å². The maximum Gasteiger partial charge on any atom is 0.317 e. The topological polar surface area (TPSA) is 266 Å². The summed E-state index contributed by atoms with van der Waals surface area (Å²) in [4.78, 5) is 121. The van der Waals surface area contributed by atoms with Crippen molar-refractivity contribution in [2.75, 3.05) is 111 Å². The summed E-state index contributed by atoms with van der Waals surface area (Å²) >= 11 is 3.22. The van der Waals surface area contributed by atoms with Crippen LogP contribution < -0.4 is 5.32 Å². The van der Waals surface area contributed by atoms with Crippen molar-refractivity contribution in [3.05, 3.63) is 27.3 Å². The number of phenols is 1. The number of Topliss-reactive ketones (excluding diaryl/α,β-unsaturated/α-hetero) is 2. The average Bonchev–Trinajstić information content (AvgIpc) is 3.46. The second-order valence-electron chi connectivity index (χ2n) is 14.9. The van der Waals surface area contributed by atoms with Gasteiger partial charge in [0.2, 0.25) is 23.6 Å². The smallest absolute Gasteiger partial charge is 0.317 e. The molecule has 1 aromatic carbocycles. The van der Waals surface area contributed by atoms with Crippen molar-refractivity contribution in [3.8, 4) is 5.75 Å². The number of hydrogen-bond acceptors (Lipinski definition) is 15. The number of carboxylic acid groups (broad SMARTS) is 3. The van der Waals surface area contributed by atoms with Gasteiger partial charge in [-0.2, -0.15) is 11.8 Å². The third kappa shape index (κ3) is 19.1. The number of rotatable bonds is 23. The summed E-state index contributed by atoms with van der Waals surface area (Å²) in [5.41, 5.74) is 0.595. The van der Waals surface area contributed by atoms with Crippen LogP contribution in [0.15, 0.2) is 18.2 Å². The summed E-state index contributed by atoms with van der Waals surface area (Å²) in [6.07, 6.45) is 1.61. The van der Waals surface area contributed by atoms with E-state index in [0.29, 0.717) is 9.13 Å². The van der Waals surface area contributed by atoms with Gasteiger partial charge in [0.05, 0.1) is 48.0 Å². The van der Waals surface area contributed by atoms with Gasteiger partial charge < -0.3 is 30.6 Å². The molecule has 0 aromatic heterocycles. The molecule has 2 heterocycles. The Balaban J connectivity index is 1.61. The van der Waals surface area contributed by atoms with Gasteiger partial charge in [-0.15, -0.1) is 0 Å². The SMILES string of the molecule is CSC1CC(=O)N(CCNC(=O)CCC(=O)CN(CCCC(=O)CN2CCN(CC(=O)O)CCN(CC(=O)O)CCN(CC(=O)O)CC2)C(=O)Cc2ccc(O)c(I)c2)C1=O. The largest absolute Gasteiger partial charge is 0.507 e. The first kappa shape index (κ1) is 51.1. The van der Waals surface area contributed by atoms with E-state index in [1.54, 1.807) is 33.1 Å². The zero-order valence-corrected chi connectivity index (χ0v) is 37.3. The monoisotopic (exact) mass is 989 g/mol. The Morgan fingerprint density at radius 2 is 1.30 bits per heavy atom. The lowest BCUT2D eigenvalue weighted by Crippen LogP contribution is -2.49. The number of nitrogens with one attached hydrogen (secondary N) is 1. The lowest BCUT2D eigenvalue weighted by Gasteiger charge is -2.32. The summed E-state index contributed by atoms with van der Waals surface area (Å²) in [7, 11) is 0. The summed E-state index contributed by atoms with van der Waals surface area (Å²) in [6, 6.07) is 4.69. The number of halogens is 1. The minimum Gasteiger partial charge on any atom is -0.507 e. The second-order valence-corrected chi connectivity index (χ2v) is 17.1. The van der Waals surface area contributed by atoms with E-state index in [-0.39, 0.29) is 167 Å². The number of carbonyl (C=O) groups excluding carboxylic acids is 6. The molecule has 0 bridgehead atoms. The second kappa shape index (κ2) is 26.3. The fraction of sp³-hybridized carbons (Fsp3) is 0.615. The quantitative estimate of drug-likeness (QED) is 0.0660. The highest BCUT2D eigenvalue weighted by Crippen LogP contribution is 2.23. The first-order valence-electron chi connectivity index (χ1n) is 19.9. The van der Waals surface area contributed by atoms with Gasteiger partial charge in [-0.1, -0.05) is 6.07 Å². The van der Waals surface area contributed by atoms with Crippen molar-refractivity contribution >= 4 is 87.5 Å². The molecule has 1 unspecified atom stereocenters. The average molecular weight is 990 g/mol. The number of amides is 4. The molecule has 2 fully saturated rings. The van der Waals surface area contributed by atoms with Crippen LogP contribution in [0.3, 0.4) is 0 Å². The van der Waals surface area contributed by atoms with Crippen LogP contribution >= 0.6 is 34.4 Å². The number of thioether (sulfide) groups is 1. The number of benzene rings is 1. The fourth-order valence-corrected chi connectivity index (χ4v) is 8.05. The van der Waals surface area contributed by atoms with Crippen LogP contribution in [0, 0.1) is 3.57 Å². The number of likely N-dealkylation sites (tertiary alicyclic amines) is 1. The third-order valence-electron chi connectivity index (χ3n) is 10.2. The van der Waals surface area contributed by atoms with Crippen LogP contribution in [0.25, 0.3) is 0 Å². The molecule has 4 amide bonds. The van der Waals surface area contributed by atoms with Gasteiger partial charge >= 0.3 is 17.9 Å². The van der Waals surface area contributed by atoms with E-state index in [1.165, 1.54) is 22.7 Å². The highest BCUT2D eigenvalue weighted by molar-refractivity contribution is 14.1. The van der Waals surface area contributed by atoms with Crippen LogP contribution in [-0.4, -0.2) is 219 Å². The van der Waals surface area contributed by atoms with Crippen molar-refractivity contribution in [1.29, 1.82) is 0 Å². The minimum atomic E-state index is -1.07. The van der Waals surface area contributed by atoms with E-state index < -0.39 is 40.8 Å². The zero-order valence-electron chi connectivity index (χ0n) is 34.3. The first-order valence-corrected chi connectivity index (χ1v) is 22.3. The molecule has 3 rings (SSSR count). The number of carboxylic acids is 3. The summed E-state index contributed by atoms with van der Waals surface area (Å²) in [5, 5.41) is 40.5. The van der Waals surface area contributed by atoms with Crippen LogP contribution in [0.4, 0.5) is 0 Å². The van der Waals surface area contributed by atoms with Gasteiger partial charge in [0.25, 0.3) is 0 Å². The van der Waals surface area contributed by atoms with Crippen LogP contribution in [0.1, 0.15) is 37.7 Å². The van der Waals surface area contributed by atoms with Crippen molar-refractivity contribution in [2.24, 2.45) is 0 Å². The summed E-state index contributed by atoms with van der Waals surface area (Å²) in [5.74, 6) is -5.22. The molecule has 1 aromatic rings. The number of aromatic hydroxyl groups is 1. The lowest BCUT2D eigenvalue weighted by atomic mass is 10.1. The van der Waals surface area contributed by atoms with Gasteiger partial charge in [-0.25, -0.2) is 0 Å². The predicted molar refractivity (Wildman–Crippen MR) is 230 cm³/mol. The molecular formula is C39H56IN7O13S.